The van der Waals surface area contributed by atoms with Gasteiger partial charge >= 0.3 is 68.3 Å². The van der Waals surface area contributed by atoms with Crippen LogP contribution in [0.25, 0.3) is 0 Å². The predicted octanol–water partition coefficient (Wildman–Crippen LogP) is -1.84. The number of hydrogen-bond donors (Lipinski definition) is 4. The van der Waals surface area contributed by atoms with Crippen molar-refractivity contribution in [2.24, 2.45) is 0 Å². The van der Waals surface area contributed by atoms with Crippen LogP contribution in [0.15, 0.2) is 0 Å². The van der Waals surface area contributed by atoms with Gasteiger partial charge in [0.2, 0.25) is 0 Å². The Kier molecular flexibility index (Phi) is 42700. The van der Waals surface area contributed by atoms with Crippen molar-refractivity contribution in [1.82, 2.24) is 0 Å². The molecule has 0 aromatic heterocycles. The molecule has 0 amide bonds. The molecule has 0 aliphatic rings. The molecule has 0 aliphatic heterocycles. The Balaban J connectivity index is -0.00000000114. The molecule has 0 spiro atoms. The van der Waals surface area contributed by atoms with Crippen LogP contribution in [0.4, 0.5) is 0 Å². The Morgan fingerprint density at radius 3 is 0.500 bits per heavy atom. The van der Waals surface area contributed by atoms with Crippen LogP contribution in [0, 0.1) is 19.9 Å². The second kappa shape index (κ2) is 3890. The van der Waals surface area contributed by atoms with Crippen molar-refractivity contribution >= 4 is 0 Å². The summed E-state index contributed by atoms with van der Waals surface area (Å²) in [5.74, 6) is 0. The summed E-state index contributed by atoms with van der Waals surface area (Å²) in [6.45, 7) is 0. The van der Waals surface area contributed by atoms with Crippen molar-refractivity contribution in [2.75, 3.05) is 0 Å². The third-order valence-corrected chi connectivity index (χ3v) is 0. The molecule has 0 aromatic carbocycles. The Morgan fingerprint density at radius 2 is 0.500 bits per heavy atom. The summed E-state index contributed by atoms with van der Waals surface area (Å²) in [4.78, 5) is 28.0. The Morgan fingerprint density at radius 1 is 0.500 bits per heavy atom. The van der Waals surface area contributed by atoms with Crippen LogP contribution in [0.5, 0.6) is 0 Å². The van der Waals surface area contributed by atoms with Gasteiger partial charge < -0.3 is 21.9 Å². The van der Waals surface area contributed by atoms with Gasteiger partial charge in [-0.05, 0) is 0 Å². The molecule has 16 heteroatoms. The molecule has 0 aliphatic carbocycles. The molecule has 0 rings (SSSR count). The molecule has 0 bridgehead atoms. The first-order valence-electron chi connectivity index (χ1n) is 0.733. The molecule has 0 atom stereocenters. The molecule has 106 valence electrons. The maximum Gasteiger partial charge on any atom is 3.00 e. The van der Waals surface area contributed by atoms with Crippen LogP contribution in [0.2, 0.25) is 0 Å². The maximum absolute atomic E-state index is 7.00. The van der Waals surface area contributed by atoms with Crippen molar-refractivity contribution in [3.8, 4) is 0 Å². The SMILES string of the molecule is O.O.O=O.O=O.OO.OO.[Fe+2].[Fe+2].[Fe+3].[Fe+3].[OH-].[OH-]. The second-order valence-corrected chi connectivity index (χ2v) is 0. The minimum atomic E-state index is 0. The monoisotopic (exact) mass is 426 g/mol. The van der Waals surface area contributed by atoms with E-state index in [-0.39, 0.29) is 90.2 Å². The molecule has 0 fully saturated rings. The van der Waals surface area contributed by atoms with E-state index >= 15 is 0 Å². The predicted molar refractivity (Wildman–Crippen MR) is 35.1 cm³/mol. The van der Waals surface area contributed by atoms with Gasteiger partial charge in [0.25, 0.3) is 0 Å². The van der Waals surface area contributed by atoms with E-state index in [4.69, 9.17) is 40.9 Å². The van der Waals surface area contributed by atoms with Gasteiger partial charge in [-0.25, -0.2) is 0 Å². The summed E-state index contributed by atoms with van der Waals surface area (Å²) in [5.41, 5.74) is 0. The van der Waals surface area contributed by atoms with Crippen LogP contribution in [-0.2, 0) is 68.3 Å². The molecule has 0 unspecified atom stereocenters. The van der Waals surface area contributed by atoms with Crippen LogP contribution >= 0.6 is 0 Å². The quantitative estimate of drug-likeness (QED) is 0.191. The van der Waals surface area contributed by atoms with Crippen molar-refractivity contribution in [2.45, 2.75) is 0 Å². The average Bonchev–Trinajstić information content (AvgIpc) is 2.03. The fourth-order valence-electron chi connectivity index (χ4n) is 0. The Labute approximate surface area is 131 Å². The first kappa shape index (κ1) is 176. The molecule has 2 radical (unpaired) electrons. The number of rotatable bonds is 0. The fourth-order valence-corrected chi connectivity index (χ4v) is 0. The third kappa shape index (κ3) is 3180. The van der Waals surface area contributed by atoms with E-state index < -0.39 is 0 Å². The second-order valence-electron chi connectivity index (χ2n) is 0. The van der Waals surface area contributed by atoms with Crippen LogP contribution in [0.1, 0.15) is 0 Å². The molecular weight excluding hydrogens is 415 g/mol. The summed E-state index contributed by atoms with van der Waals surface area (Å²) >= 11 is 0. The van der Waals surface area contributed by atoms with Crippen molar-refractivity contribution in [3.05, 3.63) is 19.9 Å². The average molecular weight is 425 g/mol. The normalized spacial score (nSPS) is 1.25. The summed E-state index contributed by atoms with van der Waals surface area (Å²) in [6, 6.07) is 0. The van der Waals surface area contributed by atoms with Gasteiger partial charge in [-0.2, -0.15) is 0 Å². The Bertz CT molecular complexity index is 15.0. The van der Waals surface area contributed by atoms with E-state index in [2.05, 4.69) is 0 Å². The first-order valence-corrected chi connectivity index (χ1v) is 0.733. The van der Waals surface area contributed by atoms with Crippen molar-refractivity contribution < 1.29 is 111 Å². The van der Waals surface area contributed by atoms with Gasteiger partial charge in [-0.15, -0.1) is 0 Å². The van der Waals surface area contributed by atoms with E-state index in [0.29, 0.717) is 0 Å². The minimum absolute atomic E-state index is 0. The van der Waals surface area contributed by atoms with Crippen molar-refractivity contribution in [1.29, 1.82) is 0 Å². The zero-order valence-corrected chi connectivity index (χ0v) is 11.1. The molecule has 10 N–H and O–H groups in total. The summed E-state index contributed by atoms with van der Waals surface area (Å²) in [6.07, 6.45) is 0. The van der Waals surface area contributed by atoms with Crippen molar-refractivity contribution in [3.63, 3.8) is 0 Å². The maximum atomic E-state index is 7.00. The van der Waals surface area contributed by atoms with Gasteiger partial charge in [0, 0.05) is 19.9 Å². The standard InChI is InChI=1S/4Fe.2H2O2.2O2.4H2O/c;;;;4*1-2;;;;/h;;;;2*1-2H;;;4*1H2/q2*+2;2*+3;;;;;;;;/p-2. The van der Waals surface area contributed by atoms with Gasteiger partial charge in [0.05, 0.1) is 0 Å². The molecular formula is H10Fe4O12+8. The van der Waals surface area contributed by atoms with Crippen LogP contribution in [0.3, 0.4) is 0 Å². The molecule has 16 heavy (non-hydrogen) atoms. The van der Waals surface area contributed by atoms with Gasteiger partial charge in [0.1, 0.15) is 0 Å². The van der Waals surface area contributed by atoms with Gasteiger partial charge in [-0.3, -0.25) is 21.0 Å². The van der Waals surface area contributed by atoms with E-state index in [9.17, 15) is 0 Å². The Hall–Kier alpha value is 0.958. The minimum Gasteiger partial charge on any atom is -0.870 e. The van der Waals surface area contributed by atoms with E-state index in [1.807, 2.05) is 0 Å². The molecule has 0 saturated carbocycles. The molecule has 0 aromatic rings. The molecule has 0 heterocycles. The third-order valence-electron chi connectivity index (χ3n) is 0. The summed E-state index contributed by atoms with van der Waals surface area (Å²) < 4.78 is 0. The van der Waals surface area contributed by atoms with Crippen LogP contribution in [-0.4, -0.2) is 42.9 Å². The summed E-state index contributed by atoms with van der Waals surface area (Å²) in [7, 11) is 0. The zero-order chi connectivity index (χ0) is 8.00. The van der Waals surface area contributed by atoms with Gasteiger partial charge in [-0.1, -0.05) is 0 Å². The largest absolute Gasteiger partial charge is 3.00 e. The zero-order valence-electron chi connectivity index (χ0n) is 6.73. The first-order chi connectivity index (χ1) is 4.00. The van der Waals surface area contributed by atoms with Crippen LogP contribution < -0.4 is 0 Å². The number of hydrogen-bond acceptors (Lipinski definition) is 10. The van der Waals surface area contributed by atoms with E-state index in [1.165, 1.54) is 0 Å². The van der Waals surface area contributed by atoms with E-state index in [1.54, 1.807) is 0 Å². The van der Waals surface area contributed by atoms with Gasteiger partial charge in [0.15, 0.2) is 0 Å². The summed E-state index contributed by atoms with van der Waals surface area (Å²) in [5, 5.41) is 24.0. The molecule has 12 nitrogen and oxygen atoms in total. The smallest absolute Gasteiger partial charge is 0.870 e. The molecule has 0 saturated heterocycles. The fraction of sp³-hybridized carbons (Fsp3) is 0. The topological polar surface area (TPSA) is 272 Å². The van der Waals surface area contributed by atoms with E-state index in [0.717, 1.165) is 0 Å².